The molecule has 23 heavy (non-hydrogen) atoms. The molecule has 0 heterocycles. The third-order valence-electron chi connectivity index (χ3n) is 3.96. The van der Waals surface area contributed by atoms with Gasteiger partial charge in [0.25, 0.3) is 0 Å². The number of thioether (sulfide) groups is 1. The van der Waals surface area contributed by atoms with Gasteiger partial charge < -0.3 is 17.1 Å². The minimum Gasteiger partial charge on any atom is -1.00 e. The zero-order valence-corrected chi connectivity index (χ0v) is 16.2. The normalized spacial score (nSPS) is 16.9. The Morgan fingerprint density at radius 3 is 2.22 bits per heavy atom. The smallest absolute Gasteiger partial charge is 0.325 e. The lowest BCUT2D eigenvalue weighted by molar-refractivity contribution is -0.140. The van der Waals surface area contributed by atoms with Crippen LogP contribution in [0.5, 0.6) is 0 Å². The lowest BCUT2D eigenvalue weighted by Crippen LogP contribution is -3.00. The molecule has 3 nitrogen and oxygen atoms in total. The summed E-state index contributed by atoms with van der Waals surface area (Å²) in [6.45, 7) is 6.53. The van der Waals surface area contributed by atoms with Crippen molar-refractivity contribution in [1.82, 2.24) is 0 Å². The third kappa shape index (κ3) is 4.65. The maximum atomic E-state index is 11.7. The van der Waals surface area contributed by atoms with Gasteiger partial charge in [0.1, 0.15) is 5.38 Å². The number of benzene rings is 1. The number of hydrogen-bond donors (Lipinski definition) is 1. The van der Waals surface area contributed by atoms with Crippen LogP contribution in [0.3, 0.4) is 0 Å². The standard InChI is InChI=1S/C17H22ClNO2S.ClH/c1-16(2,3)12-7-5-11(6-8-12)14(19)22-17(9-10-17)13(18)15(20)21-4;/h5-8,13,19H,9-10H2,1-4H3;1H. The monoisotopic (exact) mass is 375 g/mol. The lowest BCUT2D eigenvalue weighted by atomic mass is 9.87. The van der Waals surface area contributed by atoms with E-state index in [-0.39, 0.29) is 28.5 Å². The summed E-state index contributed by atoms with van der Waals surface area (Å²) in [5.41, 5.74) is 2.35. The van der Waals surface area contributed by atoms with Crippen LogP contribution in [0.2, 0.25) is 0 Å². The summed E-state index contributed by atoms with van der Waals surface area (Å²) < 4.78 is 4.43. The van der Waals surface area contributed by atoms with E-state index >= 15 is 0 Å². The first-order valence-electron chi connectivity index (χ1n) is 7.34. The molecule has 1 aromatic carbocycles. The highest BCUT2D eigenvalue weighted by atomic mass is 35.5. The zero-order chi connectivity index (χ0) is 16.5. The molecule has 0 radical (unpaired) electrons. The molecule has 0 amide bonds. The van der Waals surface area contributed by atoms with Gasteiger partial charge in [0.05, 0.1) is 17.4 Å². The number of ether oxygens (including phenoxy) is 1. The number of carbonyl (C=O) groups is 1. The molecule has 1 aliphatic carbocycles. The Morgan fingerprint density at radius 2 is 1.83 bits per heavy atom. The topological polar surface area (TPSA) is 51.9 Å². The lowest BCUT2D eigenvalue weighted by Gasteiger charge is -2.19. The van der Waals surface area contributed by atoms with Gasteiger partial charge in [-0.2, -0.15) is 0 Å². The van der Waals surface area contributed by atoms with Crippen molar-refractivity contribution in [1.29, 1.82) is 0 Å². The molecular weight excluding hydrogens is 353 g/mol. The van der Waals surface area contributed by atoms with Crippen LogP contribution in [0.4, 0.5) is 0 Å². The second kappa shape index (κ2) is 7.45. The number of alkyl halides is 1. The van der Waals surface area contributed by atoms with Crippen LogP contribution < -0.4 is 17.8 Å². The molecule has 128 valence electrons. The van der Waals surface area contributed by atoms with E-state index in [1.165, 1.54) is 24.4 Å². The Labute approximate surface area is 153 Å². The first-order valence-corrected chi connectivity index (χ1v) is 8.59. The molecule has 0 bridgehead atoms. The molecule has 1 aromatic rings. The number of halogens is 2. The summed E-state index contributed by atoms with van der Waals surface area (Å²) in [5.74, 6) is -0.387. The molecule has 2 rings (SSSR count). The Balaban J connectivity index is 0.00000264. The van der Waals surface area contributed by atoms with Crippen LogP contribution in [0.25, 0.3) is 0 Å². The Kier molecular flexibility index (Phi) is 6.59. The van der Waals surface area contributed by atoms with Crippen LogP contribution in [-0.2, 0) is 14.9 Å². The van der Waals surface area contributed by atoms with Gasteiger partial charge in [-0.05, 0) is 47.7 Å². The van der Waals surface area contributed by atoms with Gasteiger partial charge in [0.2, 0.25) is 5.04 Å². The van der Waals surface area contributed by atoms with E-state index < -0.39 is 5.38 Å². The summed E-state index contributed by atoms with van der Waals surface area (Å²) >= 11 is 7.73. The first-order chi connectivity index (χ1) is 10.2. The summed E-state index contributed by atoms with van der Waals surface area (Å²) in [7, 11) is 1.36. The van der Waals surface area contributed by atoms with Crippen molar-refractivity contribution >= 4 is 34.4 Å². The van der Waals surface area contributed by atoms with Crippen molar-refractivity contribution in [2.24, 2.45) is 0 Å². The number of esters is 1. The van der Waals surface area contributed by atoms with Crippen molar-refractivity contribution in [3.63, 3.8) is 0 Å². The van der Waals surface area contributed by atoms with E-state index in [0.29, 0.717) is 5.04 Å². The van der Waals surface area contributed by atoms with E-state index in [1.54, 1.807) is 0 Å². The average Bonchev–Trinajstić information content (AvgIpc) is 3.25. The van der Waals surface area contributed by atoms with Gasteiger partial charge in [-0.15, -0.1) is 11.6 Å². The molecular formula is C17H23Cl2NO2S. The van der Waals surface area contributed by atoms with Crippen LogP contribution in [0.15, 0.2) is 24.3 Å². The van der Waals surface area contributed by atoms with Crippen molar-refractivity contribution in [2.45, 2.75) is 49.2 Å². The summed E-state index contributed by atoms with van der Waals surface area (Å²) in [6, 6.07) is 8.25. The van der Waals surface area contributed by atoms with E-state index in [4.69, 9.17) is 21.7 Å². The van der Waals surface area contributed by atoms with Crippen LogP contribution in [-0.4, -0.2) is 28.2 Å². The molecule has 0 aromatic heterocycles. The van der Waals surface area contributed by atoms with E-state index in [0.717, 1.165) is 18.4 Å². The molecule has 2 N–H and O–H groups in total. The quantitative estimate of drug-likeness (QED) is 0.335. The molecule has 0 spiro atoms. The number of rotatable bonds is 4. The molecule has 1 saturated carbocycles. The van der Waals surface area contributed by atoms with Crippen molar-refractivity contribution in [3.05, 3.63) is 35.4 Å². The fraction of sp³-hybridized carbons (Fsp3) is 0.529. The largest absolute Gasteiger partial charge is 1.00 e. The van der Waals surface area contributed by atoms with Crippen molar-refractivity contribution in [3.8, 4) is 0 Å². The molecule has 6 heteroatoms. The fourth-order valence-electron chi connectivity index (χ4n) is 2.26. The summed E-state index contributed by atoms with van der Waals surface area (Å²) in [6.07, 6.45) is 1.75. The molecule has 0 saturated heterocycles. The van der Waals surface area contributed by atoms with Crippen molar-refractivity contribution in [2.75, 3.05) is 7.11 Å². The fourth-order valence-corrected chi connectivity index (χ4v) is 3.90. The highest BCUT2D eigenvalue weighted by Crippen LogP contribution is 2.53. The van der Waals surface area contributed by atoms with E-state index in [1.807, 2.05) is 12.1 Å². The van der Waals surface area contributed by atoms with Gasteiger partial charge in [-0.3, -0.25) is 4.79 Å². The first kappa shape index (κ1) is 20.3. The highest BCUT2D eigenvalue weighted by molar-refractivity contribution is 8.15. The van der Waals surface area contributed by atoms with Crippen LogP contribution >= 0.6 is 23.4 Å². The van der Waals surface area contributed by atoms with Crippen molar-refractivity contribution < 1.29 is 27.3 Å². The zero-order valence-electron chi connectivity index (χ0n) is 13.9. The van der Waals surface area contributed by atoms with Gasteiger partial charge in [-0.25, -0.2) is 5.41 Å². The van der Waals surface area contributed by atoms with Gasteiger partial charge in [0.15, 0.2) is 0 Å². The number of carbonyl (C=O) groups excluding carboxylic acids is 1. The Morgan fingerprint density at radius 1 is 1.30 bits per heavy atom. The number of nitrogens with two attached hydrogens (primary N) is 1. The van der Waals surface area contributed by atoms with E-state index in [9.17, 15) is 4.79 Å². The Hall–Kier alpha value is -0.710. The Bertz CT molecular complexity index is 577. The predicted molar refractivity (Wildman–Crippen MR) is 92.4 cm³/mol. The average molecular weight is 376 g/mol. The molecule has 1 aliphatic rings. The second-order valence-electron chi connectivity index (χ2n) is 6.74. The summed E-state index contributed by atoms with van der Waals surface area (Å²) in [5, 5.41) is 6.27. The molecule has 0 aliphatic heterocycles. The second-order valence-corrected chi connectivity index (χ2v) is 8.64. The minimum absolute atomic E-state index is 0. The SMILES string of the molecule is COC(=O)C(Cl)C1(SC(=[NH2+])c2ccc(C(C)(C)C)cc2)CC1.[Cl-]. The van der Waals surface area contributed by atoms with Crippen LogP contribution in [0.1, 0.15) is 44.7 Å². The van der Waals surface area contributed by atoms with Gasteiger partial charge >= 0.3 is 5.97 Å². The third-order valence-corrected chi connectivity index (χ3v) is 6.19. The van der Waals surface area contributed by atoms with E-state index in [2.05, 4.69) is 32.9 Å². The highest BCUT2D eigenvalue weighted by Gasteiger charge is 2.55. The van der Waals surface area contributed by atoms with Gasteiger partial charge in [0, 0.05) is 0 Å². The maximum Gasteiger partial charge on any atom is 0.325 e. The maximum absolute atomic E-state index is 11.7. The molecule has 1 unspecified atom stereocenters. The number of hydrogen-bond acceptors (Lipinski definition) is 3. The molecule has 1 atom stereocenters. The van der Waals surface area contributed by atoms with Gasteiger partial charge in [-0.1, -0.05) is 32.9 Å². The summed E-state index contributed by atoms with van der Waals surface area (Å²) in [4.78, 5) is 11.7. The predicted octanol–water partition coefficient (Wildman–Crippen LogP) is -0.460. The number of methoxy groups -OCH3 is 1. The van der Waals surface area contributed by atoms with Crippen LogP contribution in [0, 0.1) is 0 Å². The molecule has 1 fully saturated rings. The minimum atomic E-state index is -0.658.